The number of benzene rings is 1. The van der Waals surface area contributed by atoms with Gasteiger partial charge >= 0.3 is 5.97 Å². The molecule has 9 atom stereocenters. The molecule has 58 heavy (non-hydrogen) atoms. The number of aliphatic hydroxyl groups is 2. The van der Waals surface area contributed by atoms with E-state index < -0.39 is 74.6 Å². The van der Waals surface area contributed by atoms with E-state index >= 15 is 8.78 Å². The van der Waals surface area contributed by atoms with Gasteiger partial charge in [-0.15, -0.1) is 0 Å². The number of ketones is 2. The summed E-state index contributed by atoms with van der Waals surface area (Å²) in [6, 6.07) is -0.284. The number of hydrogen-bond acceptors (Lipinski definition) is 9. The first kappa shape index (κ1) is 41.3. The van der Waals surface area contributed by atoms with Gasteiger partial charge in [0.05, 0.1) is 27.7 Å². The quantitative estimate of drug-likeness (QED) is 0.264. The van der Waals surface area contributed by atoms with E-state index in [0.717, 1.165) is 32.1 Å². The number of Topliss-reactive ketones (excluding diaryl/α,β-unsaturated/α-hetero) is 1. The number of alkyl halides is 1. The van der Waals surface area contributed by atoms with Crippen molar-refractivity contribution in [1.29, 1.82) is 0 Å². The molecule has 4 saturated carbocycles. The number of rotatable bonds is 6. The van der Waals surface area contributed by atoms with Gasteiger partial charge in [0.2, 0.25) is 11.2 Å². The number of nitrogens with zero attached hydrogens (tertiary/aromatic N) is 2. The molecule has 10 nitrogen and oxygen atoms in total. The lowest BCUT2D eigenvalue weighted by Gasteiger charge is -2.62. The number of allylic oxidation sites excluding steroid dienone is 4. The summed E-state index contributed by atoms with van der Waals surface area (Å²) in [5, 5.41) is 24.7. The molecular formula is C45H56ClF2N3O7. The van der Waals surface area contributed by atoms with Crippen molar-refractivity contribution in [2.24, 2.45) is 34.3 Å². The molecule has 0 amide bonds. The molecule has 5 fully saturated rings. The Morgan fingerprint density at radius 1 is 1.09 bits per heavy atom. The second kappa shape index (κ2) is 13.5. The summed E-state index contributed by atoms with van der Waals surface area (Å²) in [7, 11) is 0. The highest BCUT2D eigenvalue weighted by atomic mass is 35.5. The Kier molecular flexibility index (Phi) is 9.63. The number of aliphatic hydroxyl groups excluding tert-OH is 1. The molecule has 1 aromatic heterocycles. The van der Waals surface area contributed by atoms with Crippen LogP contribution >= 0.6 is 11.6 Å². The van der Waals surface area contributed by atoms with Gasteiger partial charge in [0, 0.05) is 53.2 Å². The zero-order valence-electron chi connectivity index (χ0n) is 34.5. The van der Waals surface area contributed by atoms with Gasteiger partial charge in [0.15, 0.2) is 22.9 Å². The Hall–Kier alpha value is -3.45. The zero-order chi connectivity index (χ0) is 42.2. The van der Waals surface area contributed by atoms with Gasteiger partial charge in [-0.3, -0.25) is 14.4 Å². The molecule has 5 aliphatic carbocycles. The number of carbonyl (C=O) groups is 3. The molecule has 1 aromatic carbocycles. The normalized spacial score (nSPS) is 36.2. The monoisotopic (exact) mass is 823 g/mol. The molecule has 2 heterocycles. The van der Waals surface area contributed by atoms with Crippen LogP contribution in [0.1, 0.15) is 120 Å². The molecule has 1 aliphatic heterocycles. The summed E-state index contributed by atoms with van der Waals surface area (Å²) >= 11 is 7.10. The minimum absolute atomic E-state index is 0.0401. The van der Waals surface area contributed by atoms with Gasteiger partial charge < -0.3 is 30.2 Å². The fourth-order valence-electron chi connectivity index (χ4n) is 12.4. The van der Waals surface area contributed by atoms with E-state index in [1.54, 1.807) is 33.8 Å². The molecule has 0 bridgehead atoms. The first-order valence-corrected chi connectivity index (χ1v) is 21.3. The van der Waals surface area contributed by atoms with E-state index in [4.69, 9.17) is 22.1 Å². The molecule has 0 unspecified atom stereocenters. The summed E-state index contributed by atoms with van der Waals surface area (Å²) < 4.78 is 42.1. The second-order valence-electron chi connectivity index (χ2n) is 19.3. The average molecular weight is 824 g/mol. The Bertz CT molecular complexity index is 2280. The van der Waals surface area contributed by atoms with Gasteiger partial charge in [-0.1, -0.05) is 43.5 Å². The zero-order valence-corrected chi connectivity index (χ0v) is 35.3. The Morgan fingerprint density at radius 3 is 2.45 bits per heavy atom. The predicted molar refractivity (Wildman–Crippen MR) is 217 cm³/mol. The van der Waals surface area contributed by atoms with Crippen molar-refractivity contribution in [1.82, 2.24) is 4.57 Å². The number of aryl methyl sites for hydroxylation is 1. The molecule has 2 aromatic rings. The number of aromatic nitrogens is 1. The lowest BCUT2D eigenvalue weighted by molar-refractivity contribution is -0.223. The highest BCUT2D eigenvalue weighted by Gasteiger charge is 2.76. The molecule has 0 spiro atoms. The standard InChI is InChI=1S/C45H56ClF2N3O7/c1-22-18-30-29-14-11-25-19-28(52)15-16-42(25,6)44(29,48)31(53)20-43(30,7)45(22,57)40(56)41(4,5)58-39(55)33-24(3)51(27-12-13-27)36-32(38(33)54)23(2)35(47)37(34(36)46)50-17-9-8-10-26(49)21-50/h15-16,19,22,26-27,29-31,53,57H,8-14,17-18,20-21,49H2,1-7H3/t22-,26-,29+,30+,31+,42+,43+,44+,45+/m1/s1. The maximum absolute atomic E-state index is 17.8. The lowest BCUT2D eigenvalue weighted by atomic mass is 9.44. The topological polar surface area (TPSA) is 152 Å². The van der Waals surface area contributed by atoms with Gasteiger partial charge in [-0.05, 0) is 110 Å². The fourth-order valence-corrected chi connectivity index (χ4v) is 12.8. The van der Waals surface area contributed by atoms with Crippen molar-refractivity contribution in [2.75, 3.05) is 18.0 Å². The molecular weight excluding hydrogens is 768 g/mol. The SMILES string of the molecule is Cc1c(F)c(N2CCCC[C@@H](N)C2)c(Cl)c2c1c(=O)c(C(=O)OC(C)(C)C(=O)[C@@]1(O)[C@H](C)C[C@H]3[C@@H]4CCC5=CC(=O)C=C[C@]5(C)[C@@]4(F)[C@@H](O)C[C@@]31C)c(C)n2C1CC1. The van der Waals surface area contributed by atoms with E-state index in [9.17, 15) is 29.4 Å². The largest absolute Gasteiger partial charge is 0.448 e. The minimum atomic E-state index is -2.16. The summed E-state index contributed by atoms with van der Waals surface area (Å²) in [5.74, 6) is -4.81. The molecule has 6 aliphatic rings. The molecule has 1 saturated heterocycles. The van der Waals surface area contributed by atoms with Crippen LogP contribution in [0.2, 0.25) is 5.02 Å². The van der Waals surface area contributed by atoms with Crippen molar-refractivity contribution in [3.8, 4) is 0 Å². The smallest absolute Gasteiger partial charge is 0.344 e. The van der Waals surface area contributed by atoms with Crippen LogP contribution in [-0.4, -0.2) is 74.4 Å². The summed E-state index contributed by atoms with van der Waals surface area (Å²) in [4.78, 5) is 58.0. The molecule has 314 valence electrons. The van der Waals surface area contributed by atoms with Crippen LogP contribution < -0.4 is 16.1 Å². The summed E-state index contributed by atoms with van der Waals surface area (Å²) in [6.07, 6.45) is 7.53. The Balaban J connectivity index is 1.15. The van der Waals surface area contributed by atoms with Crippen molar-refractivity contribution in [2.45, 2.75) is 141 Å². The van der Waals surface area contributed by atoms with Crippen molar-refractivity contribution >= 4 is 45.7 Å². The summed E-state index contributed by atoms with van der Waals surface area (Å²) in [5.41, 5.74) is -2.21. The maximum Gasteiger partial charge on any atom is 0.344 e. The minimum Gasteiger partial charge on any atom is -0.448 e. The van der Waals surface area contributed by atoms with E-state index in [1.807, 2.05) is 9.47 Å². The van der Waals surface area contributed by atoms with Crippen LogP contribution in [-0.2, 0) is 14.3 Å². The summed E-state index contributed by atoms with van der Waals surface area (Å²) in [6.45, 7) is 11.9. The van der Waals surface area contributed by atoms with E-state index in [-0.39, 0.29) is 63.6 Å². The molecule has 8 rings (SSSR count). The van der Waals surface area contributed by atoms with E-state index in [1.165, 1.54) is 32.9 Å². The van der Waals surface area contributed by atoms with Crippen LogP contribution in [0, 0.1) is 48.2 Å². The fraction of sp³-hybridized carbons (Fsp3) is 0.644. The van der Waals surface area contributed by atoms with Crippen LogP contribution in [0.4, 0.5) is 14.5 Å². The van der Waals surface area contributed by atoms with Crippen molar-refractivity contribution < 1.29 is 38.1 Å². The number of carbonyl (C=O) groups excluding carboxylic acids is 3. The number of halogens is 3. The number of pyridine rings is 1. The Labute approximate surface area is 342 Å². The molecule has 0 radical (unpaired) electrons. The van der Waals surface area contributed by atoms with Gasteiger partial charge in [-0.2, -0.15) is 0 Å². The van der Waals surface area contributed by atoms with Gasteiger partial charge in [-0.25, -0.2) is 13.6 Å². The van der Waals surface area contributed by atoms with Crippen LogP contribution in [0.3, 0.4) is 0 Å². The molecule has 13 heteroatoms. The van der Waals surface area contributed by atoms with Gasteiger partial charge in [0.1, 0.15) is 11.2 Å². The third-order valence-corrected chi connectivity index (χ3v) is 15.9. The van der Waals surface area contributed by atoms with E-state index in [2.05, 4.69) is 0 Å². The number of nitrogens with two attached hydrogens (primary N) is 1. The predicted octanol–water partition coefficient (Wildman–Crippen LogP) is 6.92. The third kappa shape index (κ3) is 5.49. The van der Waals surface area contributed by atoms with E-state index in [0.29, 0.717) is 37.0 Å². The van der Waals surface area contributed by atoms with Crippen molar-refractivity contribution in [3.05, 3.63) is 61.7 Å². The first-order chi connectivity index (χ1) is 27.1. The number of esters is 1. The average Bonchev–Trinajstić information content (AvgIpc) is 3.98. The first-order valence-electron chi connectivity index (χ1n) is 20.9. The highest BCUT2D eigenvalue weighted by Crippen LogP contribution is 2.71. The lowest BCUT2D eigenvalue weighted by Crippen LogP contribution is -2.70. The maximum atomic E-state index is 17.8. The van der Waals surface area contributed by atoms with Gasteiger partial charge in [0.25, 0.3) is 0 Å². The van der Waals surface area contributed by atoms with Crippen molar-refractivity contribution in [3.63, 3.8) is 0 Å². The third-order valence-electron chi connectivity index (χ3n) is 15.6. The Morgan fingerprint density at radius 2 is 1.78 bits per heavy atom. The number of anilines is 1. The number of hydrogen-bond donors (Lipinski definition) is 3. The number of fused-ring (bicyclic) bond motifs is 6. The van der Waals surface area contributed by atoms with Crippen LogP contribution in [0.15, 0.2) is 28.6 Å². The van der Waals surface area contributed by atoms with Crippen LogP contribution in [0.25, 0.3) is 10.9 Å². The number of ether oxygens (including phenoxy) is 1. The molecule has 4 N–H and O–H groups in total. The van der Waals surface area contributed by atoms with Crippen LogP contribution in [0.5, 0.6) is 0 Å². The highest BCUT2D eigenvalue weighted by molar-refractivity contribution is 6.38. The second-order valence-corrected chi connectivity index (χ2v) is 19.7.